The van der Waals surface area contributed by atoms with Crippen molar-refractivity contribution in [2.24, 2.45) is 0 Å². The van der Waals surface area contributed by atoms with Gasteiger partial charge in [0, 0.05) is 17.8 Å². The van der Waals surface area contributed by atoms with Gasteiger partial charge < -0.3 is 15.8 Å². The van der Waals surface area contributed by atoms with E-state index >= 15 is 0 Å². The molecule has 0 aliphatic rings. The van der Waals surface area contributed by atoms with Gasteiger partial charge in [-0.25, -0.2) is 8.78 Å². The molecule has 0 unspecified atom stereocenters. The molecule has 3 N–H and O–H groups in total. The molecule has 0 heterocycles. The summed E-state index contributed by atoms with van der Waals surface area (Å²) in [6, 6.07) is 8.81. The van der Waals surface area contributed by atoms with Gasteiger partial charge in [-0.15, -0.1) is 0 Å². The number of halogens is 2. The number of carbonyl (C=O) groups excluding carboxylic acids is 1. The molecular weight excluding hydrogens is 278 g/mol. The van der Waals surface area contributed by atoms with E-state index in [-0.39, 0.29) is 11.4 Å². The average molecular weight is 292 g/mol. The number of aryl methyl sites for hydroxylation is 1. The number of ether oxygens (including phenoxy) is 1. The Balaban J connectivity index is 1.99. The first-order chi connectivity index (χ1) is 9.97. The molecule has 110 valence electrons. The number of benzene rings is 2. The number of para-hydroxylation sites is 1. The molecule has 0 bridgehead atoms. The summed E-state index contributed by atoms with van der Waals surface area (Å²) in [7, 11) is 0. The topological polar surface area (TPSA) is 64.3 Å². The second-order valence-electron chi connectivity index (χ2n) is 4.46. The summed E-state index contributed by atoms with van der Waals surface area (Å²) >= 11 is 0. The number of rotatable bonds is 4. The predicted molar refractivity (Wildman–Crippen MR) is 76.1 cm³/mol. The quantitative estimate of drug-likeness (QED) is 0.852. The lowest BCUT2D eigenvalue weighted by Gasteiger charge is -2.10. The summed E-state index contributed by atoms with van der Waals surface area (Å²) in [4.78, 5) is 11.7. The maximum absolute atomic E-state index is 13.5. The van der Waals surface area contributed by atoms with Gasteiger partial charge in [-0.1, -0.05) is 18.2 Å². The molecule has 4 nitrogen and oxygen atoms in total. The number of carbonyl (C=O) groups is 1. The maximum Gasteiger partial charge on any atom is 0.262 e. The molecule has 0 aliphatic heterocycles. The number of nitrogens with one attached hydrogen (secondary N) is 1. The Morgan fingerprint density at radius 2 is 1.95 bits per heavy atom. The van der Waals surface area contributed by atoms with Crippen molar-refractivity contribution in [3.63, 3.8) is 0 Å². The van der Waals surface area contributed by atoms with Crippen LogP contribution >= 0.6 is 0 Å². The molecule has 0 aromatic heterocycles. The van der Waals surface area contributed by atoms with Gasteiger partial charge in [0.1, 0.15) is 5.82 Å². The van der Waals surface area contributed by atoms with Crippen LogP contribution in [0.15, 0.2) is 36.4 Å². The van der Waals surface area contributed by atoms with Crippen molar-refractivity contribution in [1.29, 1.82) is 0 Å². The molecule has 2 aromatic carbocycles. The molecule has 2 aromatic rings. The second-order valence-corrected chi connectivity index (χ2v) is 4.46. The van der Waals surface area contributed by atoms with E-state index in [4.69, 9.17) is 10.5 Å². The van der Waals surface area contributed by atoms with Crippen LogP contribution in [0.1, 0.15) is 5.56 Å². The Morgan fingerprint density at radius 1 is 1.24 bits per heavy atom. The van der Waals surface area contributed by atoms with E-state index in [1.807, 2.05) is 19.1 Å². The standard InChI is InChI=1S/C15H14F2N2O2/c1-9-4-2-3-5-13(9)19-15(20)8-21-14-7-10(16)12(18)6-11(14)17/h2-7H,8,18H2,1H3,(H,19,20). The third-order valence-electron chi connectivity index (χ3n) is 2.83. The van der Waals surface area contributed by atoms with Gasteiger partial charge in [0.2, 0.25) is 0 Å². The lowest BCUT2D eigenvalue weighted by Crippen LogP contribution is -2.21. The minimum Gasteiger partial charge on any atom is -0.481 e. The van der Waals surface area contributed by atoms with E-state index in [2.05, 4.69) is 5.32 Å². The van der Waals surface area contributed by atoms with Crippen LogP contribution in [-0.4, -0.2) is 12.5 Å². The largest absolute Gasteiger partial charge is 0.481 e. The Morgan fingerprint density at radius 3 is 2.67 bits per heavy atom. The number of anilines is 2. The zero-order valence-electron chi connectivity index (χ0n) is 11.3. The first kappa shape index (κ1) is 14.8. The highest BCUT2D eigenvalue weighted by Gasteiger charge is 2.11. The molecule has 21 heavy (non-hydrogen) atoms. The number of amides is 1. The van der Waals surface area contributed by atoms with Gasteiger partial charge in [0.05, 0.1) is 5.69 Å². The summed E-state index contributed by atoms with van der Waals surface area (Å²) in [6.07, 6.45) is 0. The van der Waals surface area contributed by atoms with Crippen LogP contribution in [0.3, 0.4) is 0 Å². The van der Waals surface area contributed by atoms with Crippen LogP contribution in [0.2, 0.25) is 0 Å². The van der Waals surface area contributed by atoms with Crippen molar-refractivity contribution in [2.75, 3.05) is 17.7 Å². The van der Waals surface area contributed by atoms with Crippen LogP contribution in [0, 0.1) is 18.6 Å². The molecule has 6 heteroatoms. The number of hydrogen-bond donors (Lipinski definition) is 2. The van der Waals surface area contributed by atoms with Crippen molar-refractivity contribution in [3.8, 4) is 5.75 Å². The predicted octanol–water partition coefficient (Wildman–Crippen LogP) is 2.87. The molecule has 1 amide bonds. The van der Waals surface area contributed by atoms with Crippen LogP contribution in [0.25, 0.3) is 0 Å². The molecule has 2 rings (SSSR count). The smallest absolute Gasteiger partial charge is 0.262 e. The molecule has 0 radical (unpaired) electrons. The SMILES string of the molecule is Cc1ccccc1NC(=O)COc1cc(F)c(N)cc1F. The van der Waals surface area contributed by atoms with Crippen LogP contribution in [0.4, 0.5) is 20.2 Å². The van der Waals surface area contributed by atoms with Gasteiger partial charge in [0.25, 0.3) is 5.91 Å². The molecular formula is C15H14F2N2O2. The van der Waals surface area contributed by atoms with Crippen molar-refractivity contribution >= 4 is 17.3 Å². The van der Waals surface area contributed by atoms with E-state index in [1.165, 1.54) is 0 Å². The highest BCUT2D eigenvalue weighted by molar-refractivity contribution is 5.92. The lowest BCUT2D eigenvalue weighted by molar-refractivity contribution is -0.118. The van der Waals surface area contributed by atoms with Crippen LogP contribution in [-0.2, 0) is 4.79 Å². The second kappa shape index (κ2) is 6.21. The third kappa shape index (κ3) is 3.68. The van der Waals surface area contributed by atoms with Gasteiger partial charge >= 0.3 is 0 Å². The zero-order chi connectivity index (χ0) is 15.4. The van der Waals surface area contributed by atoms with Gasteiger partial charge in [0.15, 0.2) is 18.2 Å². The molecule has 0 fully saturated rings. The molecule has 0 saturated heterocycles. The Hall–Kier alpha value is -2.63. The number of hydrogen-bond acceptors (Lipinski definition) is 3. The zero-order valence-corrected chi connectivity index (χ0v) is 11.3. The molecule has 0 spiro atoms. The minimum absolute atomic E-state index is 0.316. The Labute approximate surface area is 120 Å². The summed E-state index contributed by atoms with van der Waals surface area (Å²) in [5.41, 5.74) is 6.42. The van der Waals surface area contributed by atoms with Crippen molar-refractivity contribution in [3.05, 3.63) is 53.6 Å². The van der Waals surface area contributed by atoms with E-state index in [1.54, 1.807) is 12.1 Å². The third-order valence-corrected chi connectivity index (χ3v) is 2.83. The average Bonchev–Trinajstić information content (AvgIpc) is 2.44. The molecule has 0 atom stereocenters. The van der Waals surface area contributed by atoms with Crippen LogP contribution < -0.4 is 15.8 Å². The fourth-order valence-corrected chi connectivity index (χ4v) is 1.70. The van der Waals surface area contributed by atoms with E-state index in [9.17, 15) is 13.6 Å². The van der Waals surface area contributed by atoms with Crippen molar-refractivity contribution in [2.45, 2.75) is 6.92 Å². The number of nitrogens with two attached hydrogens (primary N) is 1. The number of nitrogen functional groups attached to an aromatic ring is 1. The first-order valence-corrected chi connectivity index (χ1v) is 6.20. The molecule has 0 saturated carbocycles. The highest BCUT2D eigenvalue weighted by Crippen LogP contribution is 2.23. The summed E-state index contributed by atoms with van der Waals surface area (Å²) in [5, 5.41) is 2.62. The van der Waals surface area contributed by atoms with E-state index < -0.39 is 24.1 Å². The van der Waals surface area contributed by atoms with Crippen molar-refractivity contribution in [1.82, 2.24) is 0 Å². The lowest BCUT2D eigenvalue weighted by atomic mass is 10.2. The summed E-state index contributed by atoms with van der Waals surface area (Å²) in [5.74, 6) is -2.45. The van der Waals surface area contributed by atoms with Gasteiger partial charge in [-0.3, -0.25) is 4.79 Å². The van der Waals surface area contributed by atoms with Gasteiger partial charge in [-0.2, -0.15) is 0 Å². The van der Waals surface area contributed by atoms with E-state index in [0.717, 1.165) is 17.7 Å². The summed E-state index contributed by atoms with van der Waals surface area (Å²) in [6.45, 7) is 1.40. The normalized spacial score (nSPS) is 10.2. The van der Waals surface area contributed by atoms with Crippen molar-refractivity contribution < 1.29 is 18.3 Å². The highest BCUT2D eigenvalue weighted by atomic mass is 19.1. The Kier molecular flexibility index (Phi) is 4.37. The van der Waals surface area contributed by atoms with Gasteiger partial charge in [-0.05, 0) is 18.6 Å². The fourth-order valence-electron chi connectivity index (χ4n) is 1.70. The monoisotopic (exact) mass is 292 g/mol. The van der Waals surface area contributed by atoms with Crippen LogP contribution in [0.5, 0.6) is 5.75 Å². The maximum atomic E-state index is 13.5. The summed E-state index contributed by atoms with van der Waals surface area (Å²) < 4.78 is 31.6. The van der Waals surface area contributed by atoms with E-state index in [0.29, 0.717) is 5.69 Å². The minimum atomic E-state index is -0.822. The molecule has 0 aliphatic carbocycles. The fraction of sp³-hybridized carbons (Fsp3) is 0.133. The Bertz CT molecular complexity index is 675. The first-order valence-electron chi connectivity index (χ1n) is 6.20.